The second-order valence-corrected chi connectivity index (χ2v) is 5.51. The van der Waals surface area contributed by atoms with Crippen molar-refractivity contribution in [3.63, 3.8) is 0 Å². The lowest BCUT2D eigenvalue weighted by Crippen LogP contribution is -2.28. The van der Waals surface area contributed by atoms with Gasteiger partial charge < -0.3 is 10.2 Å². The van der Waals surface area contributed by atoms with E-state index in [9.17, 15) is 0 Å². The molecule has 2 heterocycles. The summed E-state index contributed by atoms with van der Waals surface area (Å²) in [4.78, 5) is 7.12. The van der Waals surface area contributed by atoms with Gasteiger partial charge in [0.15, 0.2) is 0 Å². The summed E-state index contributed by atoms with van der Waals surface area (Å²) < 4.78 is 1.10. The van der Waals surface area contributed by atoms with Crippen LogP contribution in [-0.4, -0.2) is 31.2 Å². The molecule has 0 bridgehead atoms. The molecule has 1 aliphatic rings. The molecule has 0 aliphatic carbocycles. The van der Waals surface area contributed by atoms with Crippen LogP contribution < -0.4 is 10.2 Å². The monoisotopic (exact) mass is 305 g/mol. The second kappa shape index (κ2) is 5.24. The van der Waals surface area contributed by atoms with Gasteiger partial charge in [0.05, 0.1) is 5.52 Å². The third kappa shape index (κ3) is 2.49. The molecule has 1 fully saturated rings. The van der Waals surface area contributed by atoms with Crippen LogP contribution >= 0.6 is 15.9 Å². The number of nitrogens with one attached hydrogen (secondary N) is 1. The first-order valence-corrected chi connectivity index (χ1v) is 7.14. The molecule has 2 aromatic rings. The molecule has 0 amide bonds. The summed E-state index contributed by atoms with van der Waals surface area (Å²) in [5, 5.41) is 4.60. The molecule has 18 heavy (non-hydrogen) atoms. The van der Waals surface area contributed by atoms with E-state index in [1.807, 2.05) is 6.07 Å². The molecular weight excluding hydrogens is 290 g/mol. The lowest BCUT2D eigenvalue weighted by atomic mass is 10.2. The Morgan fingerprint density at radius 1 is 1.11 bits per heavy atom. The molecule has 1 saturated heterocycles. The van der Waals surface area contributed by atoms with E-state index >= 15 is 0 Å². The number of halogens is 1. The fraction of sp³-hybridized carbons (Fsp3) is 0.357. The normalized spacial score (nSPS) is 16.8. The van der Waals surface area contributed by atoms with Gasteiger partial charge in [-0.15, -0.1) is 0 Å². The van der Waals surface area contributed by atoms with Crippen molar-refractivity contribution < 1.29 is 0 Å². The molecule has 4 heteroatoms. The molecule has 1 aromatic heterocycles. The Bertz CT molecular complexity index is 548. The molecule has 3 rings (SSSR count). The molecule has 1 aliphatic heterocycles. The highest BCUT2D eigenvalue weighted by Gasteiger charge is 2.10. The maximum absolute atomic E-state index is 4.76. The topological polar surface area (TPSA) is 28.2 Å². The molecular formula is C14H16BrN3. The number of fused-ring (bicyclic) bond motifs is 1. The van der Waals surface area contributed by atoms with E-state index < -0.39 is 0 Å². The van der Waals surface area contributed by atoms with Crippen molar-refractivity contribution >= 4 is 32.7 Å². The summed E-state index contributed by atoms with van der Waals surface area (Å²) in [5.74, 6) is 1.09. The number of rotatable bonds is 1. The molecule has 0 radical (unpaired) electrons. The molecule has 1 N–H and O–H groups in total. The zero-order valence-electron chi connectivity index (χ0n) is 10.2. The Kier molecular flexibility index (Phi) is 3.48. The van der Waals surface area contributed by atoms with E-state index in [4.69, 9.17) is 4.98 Å². The van der Waals surface area contributed by atoms with Crippen LogP contribution in [0.4, 0.5) is 5.82 Å². The van der Waals surface area contributed by atoms with Crippen molar-refractivity contribution in [2.24, 2.45) is 0 Å². The van der Waals surface area contributed by atoms with Crippen molar-refractivity contribution in [2.45, 2.75) is 6.42 Å². The van der Waals surface area contributed by atoms with Crippen LogP contribution in [0.1, 0.15) is 6.42 Å². The summed E-state index contributed by atoms with van der Waals surface area (Å²) >= 11 is 3.49. The van der Waals surface area contributed by atoms with Gasteiger partial charge in [-0.3, -0.25) is 0 Å². The zero-order chi connectivity index (χ0) is 12.4. The van der Waals surface area contributed by atoms with Crippen molar-refractivity contribution in [2.75, 3.05) is 31.1 Å². The summed E-state index contributed by atoms with van der Waals surface area (Å²) in [5.41, 5.74) is 1.06. The third-order valence-electron chi connectivity index (χ3n) is 3.30. The van der Waals surface area contributed by atoms with Gasteiger partial charge in [0.2, 0.25) is 0 Å². The number of benzene rings is 1. The first-order valence-electron chi connectivity index (χ1n) is 6.35. The minimum Gasteiger partial charge on any atom is -0.355 e. The Morgan fingerprint density at radius 3 is 3.00 bits per heavy atom. The number of hydrogen-bond donors (Lipinski definition) is 1. The van der Waals surface area contributed by atoms with E-state index in [2.05, 4.69) is 50.4 Å². The van der Waals surface area contributed by atoms with Crippen LogP contribution in [-0.2, 0) is 0 Å². The van der Waals surface area contributed by atoms with Crippen molar-refractivity contribution in [1.82, 2.24) is 10.3 Å². The minimum atomic E-state index is 1.04. The van der Waals surface area contributed by atoms with Crippen LogP contribution in [0.15, 0.2) is 34.8 Å². The average Bonchev–Trinajstić information content (AvgIpc) is 2.67. The predicted octanol–water partition coefficient (Wildman–Crippen LogP) is 2.80. The van der Waals surface area contributed by atoms with Gasteiger partial charge >= 0.3 is 0 Å². The largest absolute Gasteiger partial charge is 0.355 e. The van der Waals surface area contributed by atoms with Gasteiger partial charge in [-0.25, -0.2) is 4.98 Å². The van der Waals surface area contributed by atoms with E-state index in [0.717, 1.165) is 42.0 Å². The van der Waals surface area contributed by atoms with Crippen LogP contribution in [0.5, 0.6) is 0 Å². The predicted molar refractivity (Wildman–Crippen MR) is 79.1 cm³/mol. The Hall–Kier alpha value is -1.13. The van der Waals surface area contributed by atoms with Crippen LogP contribution in [0.3, 0.4) is 0 Å². The molecule has 3 nitrogen and oxygen atoms in total. The first-order chi connectivity index (χ1) is 8.83. The van der Waals surface area contributed by atoms with Gasteiger partial charge in [0.1, 0.15) is 5.82 Å². The first kappa shape index (κ1) is 11.9. The maximum Gasteiger partial charge on any atom is 0.129 e. The summed E-state index contributed by atoms with van der Waals surface area (Å²) in [7, 11) is 0. The van der Waals surface area contributed by atoms with E-state index in [-0.39, 0.29) is 0 Å². The Balaban J connectivity index is 1.94. The standard InChI is InChI=1S/C14H16BrN3/c15-12-3-4-13-11(10-12)2-5-14(17-13)18-8-1-6-16-7-9-18/h2-5,10,16H,1,6-9H2. The fourth-order valence-corrected chi connectivity index (χ4v) is 2.72. The highest BCUT2D eigenvalue weighted by Crippen LogP contribution is 2.22. The number of anilines is 1. The van der Waals surface area contributed by atoms with E-state index in [0.29, 0.717) is 0 Å². The molecule has 0 saturated carbocycles. The van der Waals surface area contributed by atoms with Gasteiger partial charge in [0, 0.05) is 29.5 Å². The molecule has 94 valence electrons. The number of nitrogens with zero attached hydrogens (tertiary/aromatic N) is 2. The summed E-state index contributed by atoms with van der Waals surface area (Å²) in [6, 6.07) is 10.5. The third-order valence-corrected chi connectivity index (χ3v) is 3.79. The van der Waals surface area contributed by atoms with Gasteiger partial charge in [-0.1, -0.05) is 15.9 Å². The summed E-state index contributed by atoms with van der Waals surface area (Å²) in [6.45, 7) is 4.27. The van der Waals surface area contributed by atoms with Gasteiger partial charge in [-0.2, -0.15) is 0 Å². The lowest BCUT2D eigenvalue weighted by Gasteiger charge is -2.21. The van der Waals surface area contributed by atoms with E-state index in [1.54, 1.807) is 0 Å². The number of aromatic nitrogens is 1. The minimum absolute atomic E-state index is 1.04. The highest BCUT2D eigenvalue weighted by molar-refractivity contribution is 9.10. The smallest absolute Gasteiger partial charge is 0.129 e. The summed E-state index contributed by atoms with van der Waals surface area (Å²) in [6.07, 6.45) is 1.18. The van der Waals surface area contributed by atoms with Crippen LogP contribution in [0.25, 0.3) is 10.9 Å². The quantitative estimate of drug-likeness (QED) is 0.878. The molecule has 0 spiro atoms. The molecule has 0 atom stereocenters. The van der Waals surface area contributed by atoms with Crippen LogP contribution in [0, 0.1) is 0 Å². The zero-order valence-corrected chi connectivity index (χ0v) is 11.8. The molecule has 1 aromatic carbocycles. The fourth-order valence-electron chi connectivity index (χ4n) is 2.34. The van der Waals surface area contributed by atoms with E-state index in [1.165, 1.54) is 11.8 Å². The van der Waals surface area contributed by atoms with Crippen molar-refractivity contribution in [3.8, 4) is 0 Å². The lowest BCUT2D eigenvalue weighted by molar-refractivity contribution is 0.724. The van der Waals surface area contributed by atoms with Crippen LogP contribution in [0.2, 0.25) is 0 Å². The maximum atomic E-state index is 4.76. The second-order valence-electron chi connectivity index (χ2n) is 4.60. The number of pyridine rings is 1. The van der Waals surface area contributed by atoms with Crippen molar-refractivity contribution in [3.05, 3.63) is 34.8 Å². The Labute approximate surface area is 115 Å². The SMILES string of the molecule is Brc1ccc2nc(N3CCCNCC3)ccc2c1. The van der Waals surface area contributed by atoms with Gasteiger partial charge in [0.25, 0.3) is 0 Å². The average molecular weight is 306 g/mol. The Morgan fingerprint density at radius 2 is 2.06 bits per heavy atom. The highest BCUT2D eigenvalue weighted by atomic mass is 79.9. The molecule has 0 unspecified atom stereocenters. The van der Waals surface area contributed by atoms with Crippen molar-refractivity contribution in [1.29, 1.82) is 0 Å². The number of hydrogen-bond acceptors (Lipinski definition) is 3. The van der Waals surface area contributed by atoms with Gasteiger partial charge in [-0.05, 0) is 43.3 Å².